The van der Waals surface area contributed by atoms with Gasteiger partial charge in [-0.1, -0.05) is 0 Å². The Morgan fingerprint density at radius 1 is 1.25 bits per heavy atom. The van der Waals surface area contributed by atoms with Gasteiger partial charge < -0.3 is 14.8 Å². The molecule has 0 fully saturated rings. The molecule has 0 saturated heterocycles. The third-order valence-electron chi connectivity index (χ3n) is 2.65. The lowest BCUT2D eigenvalue weighted by molar-refractivity contribution is 0.0695. The number of hydrogen-bond donors (Lipinski definition) is 2. The summed E-state index contributed by atoms with van der Waals surface area (Å²) in [6, 6.07) is 2.90. The smallest absolute Gasteiger partial charge is 0.339 e. The number of carboxylic acid groups (broad SMARTS) is 1. The molecule has 0 amide bonds. The third-order valence-corrected chi connectivity index (χ3v) is 2.65. The van der Waals surface area contributed by atoms with E-state index in [1.165, 1.54) is 13.0 Å². The first-order valence-corrected chi connectivity index (χ1v) is 5.59. The quantitative estimate of drug-likeness (QED) is 0.846. The number of aryl methyl sites for hydroxylation is 1. The highest BCUT2D eigenvalue weighted by molar-refractivity contribution is 5.88. The van der Waals surface area contributed by atoms with Crippen molar-refractivity contribution in [1.29, 1.82) is 0 Å². The summed E-state index contributed by atoms with van der Waals surface area (Å²) in [5.74, 6) is -4.78. The van der Waals surface area contributed by atoms with Crippen molar-refractivity contribution < 1.29 is 27.5 Å². The molecule has 20 heavy (non-hydrogen) atoms. The van der Waals surface area contributed by atoms with Gasteiger partial charge in [-0.3, -0.25) is 0 Å². The van der Waals surface area contributed by atoms with Crippen LogP contribution in [-0.2, 0) is 6.54 Å². The molecule has 1 aromatic carbocycles. The first-order valence-electron chi connectivity index (χ1n) is 5.59. The molecule has 2 rings (SSSR count). The average molecular weight is 285 g/mol. The van der Waals surface area contributed by atoms with E-state index in [1.807, 2.05) is 0 Å². The van der Waals surface area contributed by atoms with Gasteiger partial charge in [-0.25, -0.2) is 18.0 Å². The summed E-state index contributed by atoms with van der Waals surface area (Å²) in [5.41, 5.74) is 0.0330. The van der Waals surface area contributed by atoms with E-state index in [4.69, 9.17) is 9.52 Å². The minimum atomic E-state index is -1.54. The van der Waals surface area contributed by atoms with Crippen molar-refractivity contribution >= 4 is 11.7 Å². The maximum absolute atomic E-state index is 13.0. The van der Waals surface area contributed by atoms with Crippen LogP contribution in [0.15, 0.2) is 22.6 Å². The molecule has 7 heteroatoms. The van der Waals surface area contributed by atoms with Gasteiger partial charge in [-0.2, -0.15) is 0 Å². The van der Waals surface area contributed by atoms with Gasteiger partial charge in [0.25, 0.3) is 0 Å². The molecule has 0 saturated carbocycles. The van der Waals surface area contributed by atoms with Gasteiger partial charge in [0.1, 0.15) is 17.1 Å². The molecule has 0 aliphatic heterocycles. The standard InChI is InChI=1S/C13H10F3NO3/c1-6-9(13(18)19)4-8(20-6)5-17-7-2-10(14)12(16)11(15)3-7/h2-4,17H,5H2,1H3,(H,18,19). The number of carbonyl (C=O) groups is 1. The summed E-state index contributed by atoms with van der Waals surface area (Å²) >= 11 is 0. The van der Waals surface area contributed by atoms with E-state index in [1.54, 1.807) is 0 Å². The fourth-order valence-electron chi connectivity index (χ4n) is 1.69. The first kappa shape index (κ1) is 14.0. The first-order chi connectivity index (χ1) is 9.38. The number of anilines is 1. The van der Waals surface area contributed by atoms with Crippen molar-refractivity contribution in [2.24, 2.45) is 0 Å². The number of furan rings is 1. The van der Waals surface area contributed by atoms with Crippen LogP contribution in [0.2, 0.25) is 0 Å². The molecule has 106 valence electrons. The van der Waals surface area contributed by atoms with Gasteiger partial charge in [-0.15, -0.1) is 0 Å². The number of halogens is 3. The van der Waals surface area contributed by atoms with E-state index >= 15 is 0 Å². The summed E-state index contributed by atoms with van der Waals surface area (Å²) in [4.78, 5) is 10.8. The second kappa shape index (κ2) is 5.28. The predicted molar refractivity (Wildman–Crippen MR) is 64.0 cm³/mol. The Morgan fingerprint density at radius 3 is 2.35 bits per heavy atom. The number of nitrogens with one attached hydrogen (secondary N) is 1. The molecular weight excluding hydrogens is 275 g/mol. The van der Waals surface area contributed by atoms with Gasteiger partial charge in [-0.05, 0) is 13.0 Å². The van der Waals surface area contributed by atoms with Gasteiger partial charge in [0.15, 0.2) is 17.5 Å². The second-order valence-corrected chi connectivity index (χ2v) is 4.10. The van der Waals surface area contributed by atoms with Crippen LogP contribution in [0.1, 0.15) is 21.9 Å². The Bertz CT molecular complexity index is 644. The topological polar surface area (TPSA) is 62.5 Å². The maximum atomic E-state index is 13.0. The number of carboxylic acids is 1. The largest absolute Gasteiger partial charge is 0.478 e. The summed E-state index contributed by atoms with van der Waals surface area (Å²) < 4.78 is 43.9. The van der Waals surface area contributed by atoms with Gasteiger partial charge >= 0.3 is 5.97 Å². The molecule has 0 spiro atoms. The zero-order valence-electron chi connectivity index (χ0n) is 10.3. The van der Waals surface area contributed by atoms with E-state index < -0.39 is 23.4 Å². The molecule has 0 bridgehead atoms. The lowest BCUT2D eigenvalue weighted by Crippen LogP contribution is -2.01. The van der Waals surface area contributed by atoms with Crippen LogP contribution >= 0.6 is 0 Å². The summed E-state index contributed by atoms with van der Waals surface area (Å²) in [7, 11) is 0. The fourth-order valence-corrected chi connectivity index (χ4v) is 1.69. The van der Waals surface area contributed by atoms with E-state index in [9.17, 15) is 18.0 Å². The van der Waals surface area contributed by atoms with Gasteiger partial charge in [0.05, 0.1) is 6.54 Å². The van der Waals surface area contributed by atoms with Crippen molar-refractivity contribution in [1.82, 2.24) is 0 Å². The molecule has 0 radical (unpaired) electrons. The Kier molecular flexibility index (Phi) is 3.69. The molecule has 1 heterocycles. The highest BCUT2D eigenvalue weighted by Gasteiger charge is 2.14. The normalized spacial score (nSPS) is 10.6. The van der Waals surface area contributed by atoms with Gasteiger partial charge in [0.2, 0.25) is 0 Å². The minimum Gasteiger partial charge on any atom is -0.478 e. The van der Waals surface area contributed by atoms with Crippen LogP contribution in [-0.4, -0.2) is 11.1 Å². The van der Waals surface area contributed by atoms with Gasteiger partial charge in [0, 0.05) is 17.8 Å². The Hall–Kier alpha value is -2.44. The molecule has 4 nitrogen and oxygen atoms in total. The zero-order chi connectivity index (χ0) is 14.9. The molecule has 1 aromatic heterocycles. The van der Waals surface area contributed by atoms with Crippen molar-refractivity contribution in [3.63, 3.8) is 0 Å². The SMILES string of the molecule is Cc1oc(CNc2cc(F)c(F)c(F)c2)cc1C(=O)O. The van der Waals surface area contributed by atoms with E-state index in [-0.39, 0.29) is 29.3 Å². The summed E-state index contributed by atoms with van der Waals surface area (Å²) in [6.07, 6.45) is 0. The number of rotatable bonds is 4. The Morgan fingerprint density at radius 2 is 1.85 bits per heavy atom. The molecule has 0 aliphatic carbocycles. The monoisotopic (exact) mass is 285 g/mol. The summed E-state index contributed by atoms with van der Waals surface area (Å²) in [6.45, 7) is 1.50. The number of aromatic carboxylic acids is 1. The maximum Gasteiger partial charge on any atom is 0.339 e. The Labute approximate surface area is 111 Å². The highest BCUT2D eigenvalue weighted by atomic mass is 19.2. The Balaban J connectivity index is 2.13. The average Bonchev–Trinajstić information content (AvgIpc) is 2.75. The third kappa shape index (κ3) is 2.76. The predicted octanol–water partition coefficient (Wildman–Crippen LogP) is 3.32. The van der Waals surface area contributed by atoms with Crippen LogP contribution in [0.25, 0.3) is 0 Å². The van der Waals surface area contributed by atoms with Crippen LogP contribution < -0.4 is 5.32 Å². The van der Waals surface area contributed by atoms with Crippen molar-refractivity contribution in [3.8, 4) is 0 Å². The van der Waals surface area contributed by atoms with Crippen LogP contribution in [0.4, 0.5) is 18.9 Å². The van der Waals surface area contributed by atoms with Crippen molar-refractivity contribution in [3.05, 3.63) is 52.7 Å². The number of hydrogen-bond acceptors (Lipinski definition) is 3. The van der Waals surface area contributed by atoms with Crippen LogP contribution in [0.5, 0.6) is 0 Å². The summed E-state index contributed by atoms with van der Waals surface area (Å²) in [5, 5.41) is 11.5. The van der Waals surface area contributed by atoms with E-state index in [0.29, 0.717) is 0 Å². The van der Waals surface area contributed by atoms with Crippen LogP contribution in [0, 0.1) is 24.4 Å². The molecule has 0 aliphatic rings. The van der Waals surface area contributed by atoms with E-state index in [2.05, 4.69) is 5.32 Å². The van der Waals surface area contributed by atoms with Crippen molar-refractivity contribution in [2.75, 3.05) is 5.32 Å². The molecule has 0 atom stereocenters. The minimum absolute atomic E-state index is 0.0123. The van der Waals surface area contributed by atoms with Crippen molar-refractivity contribution in [2.45, 2.75) is 13.5 Å². The highest BCUT2D eigenvalue weighted by Crippen LogP contribution is 2.19. The lowest BCUT2D eigenvalue weighted by Gasteiger charge is -2.05. The lowest BCUT2D eigenvalue weighted by atomic mass is 10.2. The van der Waals surface area contributed by atoms with Crippen LogP contribution in [0.3, 0.4) is 0 Å². The molecule has 0 unspecified atom stereocenters. The second-order valence-electron chi connectivity index (χ2n) is 4.10. The molecule has 2 N–H and O–H groups in total. The number of benzene rings is 1. The molecular formula is C13H10F3NO3. The van der Waals surface area contributed by atoms with E-state index in [0.717, 1.165) is 12.1 Å². The zero-order valence-corrected chi connectivity index (χ0v) is 10.3. The fraction of sp³-hybridized carbons (Fsp3) is 0.154. The molecule has 2 aromatic rings.